The quantitative estimate of drug-likeness (QED) is 0.155. The van der Waals surface area contributed by atoms with Crippen molar-refractivity contribution in [2.45, 2.75) is 11.3 Å². The van der Waals surface area contributed by atoms with Gasteiger partial charge < -0.3 is 4.90 Å². The number of rotatable bonds is 7. The second-order valence-corrected chi connectivity index (χ2v) is 16.6. The lowest BCUT2D eigenvalue weighted by molar-refractivity contribution is 0.629. The molecule has 12 rings (SSSR count). The fraction of sp³-hybridized carbons (Fsp3) is 0.0333. The zero-order valence-corrected chi connectivity index (χ0v) is 33.9. The molecular formula is C60H40FN. The first kappa shape index (κ1) is 36.1. The fourth-order valence-corrected chi connectivity index (χ4v) is 10.6. The molecule has 1 nitrogen and oxygen atoms in total. The molecule has 0 aromatic heterocycles. The molecule has 10 aromatic rings. The molecule has 0 bridgehead atoms. The fourth-order valence-electron chi connectivity index (χ4n) is 10.6. The monoisotopic (exact) mass is 793 g/mol. The Labute approximate surface area is 361 Å². The summed E-state index contributed by atoms with van der Waals surface area (Å²) >= 11 is 0. The first-order chi connectivity index (χ1) is 30.6. The molecule has 1 atom stereocenters. The van der Waals surface area contributed by atoms with Gasteiger partial charge in [-0.1, -0.05) is 170 Å². The van der Waals surface area contributed by atoms with Crippen LogP contribution in [0.25, 0.3) is 44.2 Å². The number of hydrogen-bond donors (Lipinski definition) is 0. The molecule has 0 fully saturated rings. The van der Waals surface area contributed by atoms with Gasteiger partial charge >= 0.3 is 0 Å². The Balaban J connectivity index is 1.05. The molecular weight excluding hydrogens is 754 g/mol. The topological polar surface area (TPSA) is 3.24 Å². The van der Waals surface area contributed by atoms with Crippen LogP contribution in [-0.2, 0) is 5.41 Å². The van der Waals surface area contributed by atoms with Crippen LogP contribution in [0.15, 0.2) is 237 Å². The van der Waals surface area contributed by atoms with Gasteiger partial charge in [-0.05, 0) is 150 Å². The van der Waals surface area contributed by atoms with Crippen molar-refractivity contribution in [3.8, 4) is 33.4 Å². The number of anilines is 3. The summed E-state index contributed by atoms with van der Waals surface area (Å²) in [5.74, 6) is -0.0602. The lowest BCUT2D eigenvalue weighted by Crippen LogP contribution is -2.28. The molecule has 0 saturated heterocycles. The van der Waals surface area contributed by atoms with Gasteiger partial charge in [0.15, 0.2) is 0 Å². The number of hydrogen-bond acceptors (Lipinski definition) is 1. The third-order valence-electron chi connectivity index (χ3n) is 13.2. The van der Waals surface area contributed by atoms with Crippen LogP contribution in [0.3, 0.4) is 0 Å². The minimum Gasteiger partial charge on any atom is -0.310 e. The average Bonchev–Trinajstić information content (AvgIpc) is 3.81. The highest BCUT2D eigenvalue weighted by Gasteiger charge is 2.46. The van der Waals surface area contributed by atoms with Crippen LogP contribution in [0, 0.1) is 5.82 Å². The maximum absolute atomic E-state index is 14.9. The van der Waals surface area contributed by atoms with Gasteiger partial charge in [0.1, 0.15) is 5.82 Å². The van der Waals surface area contributed by atoms with Gasteiger partial charge in [0.25, 0.3) is 0 Å². The van der Waals surface area contributed by atoms with E-state index in [1.807, 2.05) is 6.07 Å². The number of fused-ring (bicyclic) bond motifs is 7. The molecule has 0 radical (unpaired) electrons. The smallest absolute Gasteiger partial charge is 0.123 e. The van der Waals surface area contributed by atoms with E-state index in [-0.39, 0.29) is 11.7 Å². The van der Waals surface area contributed by atoms with Crippen molar-refractivity contribution < 1.29 is 4.39 Å². The van der Waals surface area contributed by atoms with Crippen LogP contribution >= 0.6 is 0 Å². The summed E-state index contributed by atoms with van der Waals surface area (Å²) in [6.45, 7) is 0. The first-order valence-corrected chi connectivity index (χ1v) is 21.4. The highest BCUT2D eigenvalue weighted by atomic mass is 19.1. The summed E-state index contributed by atoms with van der Waals surface area (Å²) in [7, 11) is 0. The molecule has 2 heteroatoms. The maximum atomic E-state index is 14.9. The molecule has 292 valence electrons. The van der Waals surface area contributed by atoms with Crippen molar-refractivity contribution in [2.24, 2.45) is 0 Å². The van der Waals surface area contributed by atoms with Crippen LogP contribution < -0.4 is 4.90 Å². The molecule has 0 amide bonds. The Kier molecular flexibility index (Phi) is 8.40. The normalized spacial score (nSPS) is 14.2. The van der Waals surface area contributed by atoms with E-state index in [9.17, 15) is 4.39 Å². The summed E-state index contributed by atoms with van der Waals surface area (Å²) in [6, 6.07) is 84.6. The second kappa shape index (κ2) is 14.4. The molecule has 62 heavy (non-hydrogen) atoms. The van der Waals surface area contributed by atoms with E-state index in [0.29, 0.717) is 0 Å². The van der Waals surface area contributed by atoms with Gasteiger partial charge in [0.05, 0.1) is 5.41 Å². The Morgan fingerprint density at radius 2 is 0.952 bits per heavy atom. The van der Waals surface area contributed by atoms with Crippen LogP contribution in [-0.4, -0.2) is 0 Å². The Bertz CT molecular complexity index is 3260. The van der Waals surface area contributed by atoms with E-state index in [0.717, 1.165) is 39.0 Å². The molecule has 0 heterocycles. The van der Waals surface area contributed by atoms with Crippen LogP contribution in [0.4, 0.5) is 21.5 Å². The highest BCUT2D eigenvalue weighted by molar-refractivity contribution is 5.97. The maximum Gasteiger partial charge on any atom is 0.123 e. The first-order valence-electron chi connectivity index (χ1n) is 21.4. The molecule has 0 aliphatic heterocycles. The zero-order valence-electron chi connectivity index (χ0n) is 33.9. The third kappa shape index (κ3) is 5.61. The van der Waals surface area contributed by atoms with Gasteiger partial charge in [0.2, 0.25) is 0 Å². The van der Waals surface area contributed by atoms with Crippen LogP contribution in [0.5, 0.6) is 0 Å². The molecule has 0 spiro atoms. The van der Waals surface area contributed by atoms with Crippen molar-refractivity contribution in [1.29, 1.82) is 0 Å². The van der Waals surface area contributed by atoms with Crippen molar-refractivity contribution in [1.82, 2.24) is 0 Å². The lowest BCUT2D eigenvalue weighted by atomic mass is 9.67. The van der Waals surface area contributed by atoms with E-state index in [1.54, 1.807) is 12.1 Å². The predicted molar refractivity (Wildman–Crippen MR) is 254 cm³/mol. The van der Waals surface area contributed by atoms with Gasteiger partial charge in [-0.25, -0.2) is 4.39 Å². The van der Waals surface area contributed by atoms with E-state index < -0.39 is 5.41 Å². The lowest BCUT2D eigenvalue weighted by Gasteiger charge is -2.35. The summed E-state index contributed by atoms with van der Waals surface area (Å²) in [4.78, 5) is 2.38. The number of benzene rings is 10. The van der Waals surface area contributed by atoms with Crippen LogP contribution in [0.1, 0.15) is 44.9 Å². The zero-order chi connectivity index (χ0) is 41.2. The van der Waals surface area contributed by atoms with E-state index in [1.165, 1.54) is 61.2 Å². The average molecular weight is 794 g/mol. The number of para-hydroxylation sites is 1. The summed E-state index contributed by atoms with van der Waals surface area (Å²) in [5, 5.41) is 1.91. The van der Waals surface area contributed by atoms with Gasteiger partial charge in [-0.2, -0.15) is 0 Å². The van der Waals surface area contributed by atoms with Crippen molar-refractivity contribution in [3.05, 3.63) is 281 Å². The Hall–Kier alpha value is -7.81. The molecule has 0 N–H and O–H groups in total. The molecule has 10 aromatic carbocycles. The minimum atomic E-state index is -0.662. The van der Waals surface area contributed by atoms with E-state index >= 15 is 0 Å². The van der Waals surface area contributed by atoms with Gasteiger partial charge in [0, 0.05) is 23.0 Å². The van der Waals surface area contributed by atoms with Crippen molar-refractivity contribution >= 4 is 27.8 Å². The largest absolute Gasteiger partial charge is 0.310 e. The summed E-state index contributed by atoms with van der Waals surface area (Å²) < 4.78 is 14.9. The SMILES string of the molecule is Fc1ccc2cc3c(cc2c1)C(c1ccccc1)(c1ccccc1)c1cc(N(c2ccccc2)c2cccc(-c4ccc5c(c4)C(c4ccccc4)c4ccccc4-5)c2)ccc1-3. The molecule has 2 aliphatic rings. The number of nitrogens with zero attached hydrogens (tertiary/aromatic N) is 1. The summed E-state index contributed by atoms with van der Waals surface area (Å²) in [5.41, 5.74) is 18.5. The highest BCUT2D eigenvalue weighted by Crippen LogP contribution is 2.58. The predicted octanol–water partition coefficient (Wildman–Crippen LogP) is 15.6. The standard InChI is InChI=1S/C60H40FN/c61-47-30-28-43-36-55-53-33-31-50(39-58(53)60(45-19-7-2-8-20-45,46-21-9-3-10-22-46)57(55)38-44(43)34-47)62(48-23-11-4-12-24-48)49-25-15-18-41(35-49)42-29-32-52-51-26-13-14-27-54(51)59(56(52)37-42)40-16-5-1-6-17-40/h1-39,59H. The second-order valence-electron chi connectivity index (χ2n) is 16.6. The van der Waals surface area contributed by atoms with Crippen LogP contribution in [0.2, 0.25) is 0 Å². The Morgan fingerprint density at radius 1 is 0.355 bits per heavy atom. The van der Waals surface area contributed by atoms with Gasteiger partial charge in [-0.15, -0.1) is 0 Å². The number of halogens is 1. The van der Waals surface area contributed by atoms with E-state index in [2.05, 4.69) is 223 Å². The Morgan fingerprint density at radius 3 is 1.71 bits per heavy atom. The van der Waals surface area contributed by atoms with Crippen molar-refractivity contribution in [3.63, 3.8) is 0 Å². The molecule has 1 unspecified atom stereocenters. The minimum absolute atomic E-state index is 0.174. The van der Waals surface area contributed by atoms with E-state index in [4.69, 9.17) is 0 Å². The van der Waals surface area contributed by atoms with Gasteiger partial charge in [-0.3, -0.25) is 0 Å². The third-order valence-corrected chi connectivity index (χ3v) is 13.2. The summed E-state index contributed by atoms with van der Waals surface area (Å²) in [6.07, 6.45) is 0. The molecule has 0 saturated carbocycles. The molecule has 2 aliphatic carbocycles. The van der Waals surface area contributed by atoms with Crippen molar-refractivity contribution in [2.75, 3.05) is 4.90 Å².